The first kappa shape index (κ1) is 25.4. The number of aromatic hydroxyl groups is 1. The second kappa shape index (κ2) is 8.76. The van der Waals surface area contributed by atoms with E-state index in [1.165, 1.54) is 32.2 Å². The van der Waals surface area contributed by atoms with E-state index in [1.807, 2.05) is 6.92 Å². The van der Waals surface area contributed by atoms with E-state index in [-0.39, 0.29) is 70.4 Å². The normalized spacial score (nSPS) is 32.6. The van der Waals surface area contributed by atoms with Crippen LogP contribution < -0.4 is 5.73 Å². The SMILES string of the molecule is CCCC12CC(CC(O)C=C(C(N)=O)C1=O)CC1C(=C2OC)C(=O)c2c(O)ccc(Cl)c2C1(C)O. The second-order valence-electron chi connectivity index (χ2n) is 10.0. The van der Waals surface area contributed by atoms with Crippen molar-refractivity contribution in [3.8, 4) is 5.75 Å². The number of allylic oxidation sites excluding steroid dienone is 1. The maximum atomic E-state index is 14.0. The highest BCUT2D eigenvalue weighted by molar-refractivity contribution is 6.33. The number of nitrogens with two attached hydrogens (primary N) is 1. The van der Waals surface area contributed by atoms with Gasteiger partial charge in [-0.25, -0.2) is 0 Å². The molecule has 0 saturated heterocycles. The zero-order chi connectivity index (χ0) is 25.9. The van der Waals surface area contributed by atoms with Crippen molar-refractivity contribution < 1.29 is 34.4 Å². The number of benzene rings is 1. The predicted octanol–water partition coefficient (Wildman–Crippen LogP) is 2.91. The van der Waals surface area contributed by atoms with Crippen LogP contribution in [0.4, 0.5) is 0 Å². The third-order valence-electron chi connectivity index (χ3n) is 7.78. The standard InChI is InChI=1S/C26H30ClNO7/c1-4-7-26-11-12(8-13(29)10-14(22(26)32)24(28)33)9-15-18(23(26)35-3)21(31)19-17(30)6-5-16(27)20(19)25(15,2)34/h5-6,10,12-13,15,29-30,34H,4,7-9,11H2,1-3H3,(H2,28,33). The van der Waals surface area contributed by atoms with Gasteiger partial charge in [-0.2, -0.15) is 0 Å². The van der Waals surface area contributed by atoms with Gasteiger partial charge in [0.25, 0.3) is 5.91 Å². The van der Waals surface area contributed by atoms with Crippen molar-refractivity contribution in [1.29, 1.82) is 0 Å². The summed E-state index contributed by atoms with van der Waals surface area (Å²) in [4.78, 5) is 40.3. The summed E-state index contributed by atoms with van der Waals surface area (Å²) < 4.78 is 5.82. The van der Waals surface area contributed by atoms with Crippen molar-refractivity contribution in [3.05, 3.63) is 51.3 Å². The monoisotopic (exact) mass is 503 g/mol. The molecule has 0 heterocycles. The Morgan fingerprint density at radius 3 is 2.57 bits per heavy atom. The summed E-state index contributed by atoms with van der Waals surface area (Å²) in [6.07, 6.45) is 1.50. The molecule has 2 bridgehead atoms. The van der Waals surface area contributed by atoms with Crippen LogP contribution in [0.2, 0.25) is 5.02 Å². The molecule has 9 heteroatoms. The summed E-state index contributed by atoms with van der Waals surface area (Å²) in [6.45, 7) is 3.40. The molecule has 1 amide bonds. The number of ether oxygens (including phenoxy) is 1. The minimum Gasteiger partial charge on any atom is -0.507 e. The Morgan fingerprint density at radius 2 is 1.97 bits per heavy atom. The smallest absolute Gasteiger partial charge is 0.252 e. The van der Waals surface area contributed by atoms with Gasteiger partial charge in [-0.05, 0) is 56.7 Å². The number of carbonyl (C=O) groups excluding carboxylic acids is 3. The first-order valence-corrected chi connectivity index (χ1v) is 12.1. The van der Waals surface area contributed by atoms with Crippen LogP contribution >= 0.6 is 11.6 Å². The number of methoxy groups -OCH3 is 1. The fraction of sp³-hybridized carbons (Fsp3) is 0.500. The van der Waals surface area contributed by atoms with Crippen LogP contribution in [0.1, 0.15) is 61.9 Å². The lowest BCUT2D eigenvalue weighted by Crippen LogP contribution is -2.44. The van der Waals surface area contributed by atoms with E-state index in [4.69, 9.17) is 22.1 Å². The molecule has 0 fully saturated rings. The Bertz CT molecular complexity index is 1180. The third kappa shape index (κ3) is 3.70. The van der Waals surface area contributed by atoms with E-state index in [0.717, 1.165) is 0 Å². The van der Waals surface area contributed by atoms with Crippen LogP contribution in [0.5, 0.6) is 5.75 Å². The van der Waals surface area contributed by atoms with Gasteiger partial charge in [-0.15, -0.1) is 0 Å². The lowest BCUT2D eigenvalue weighted by molar-refractivity contribution is -0.129. The number of Topliss-reactive ketones (excluding diaryl/α,β-unsaturated/α-hetero) is 2. The molecule has 0 aromatic heterocycles. The molecule has 0 spiro atoms. The summed E-state index contributed by atoms with van der Waals surface area (Å²) in [5, 5.41) is 33.3. The highest BCUT2D eigenvalue weighted by Gasteiger charge is 2.58. The Hall–Kier alpha value is -2.68. The van der Waals surface area contributed by atoms with E-state index >= 15 is 0 Å². The van der Waals surface area contributed by atoms with E-state index in [0.29, 0.717) is 6.42 Å². The molecule has 0 aliphatic heterocycles. The molecule has 1 aromatic carbocycles. The van der Waals surface area contributed by atoms with Gasteiger partial charge in [-0.1, -0.05) is 24.9 Å². The van der Waals surface area contributed by atoms with Gasteiger partial charge in [-0.3, -0.25) is 14.4 Å². The fourth-order valence-electron chi connectivity index (χ4n) is 6.47. The Morgan fingerprint density at radius 1 is 1.29 bits per heavy atom. The molecular weight excluding hydrogens is 474 g/mol. The van der Waals surface area contributed by atoms with Crippen molar-refractivity contribution in [1.82, 2.24) is 0 Å². The minimum absolute atomic E-state index is 0.0655. The maximum absolute atomic E-state index is 14.0. The minimum atomic E-state index is -1.69. The first-order chi connectivity index (χ1) is 16.4. The van der Waals surface area contributed by atoms with Crippen molar-refractivity contribution in [2.24, 2.45) is 23.0 Å². The molecule has 5 N–H and O–H groups in total. The Balaban J connectivity index is 2.11. The van der Waals surface area contributed by atoms with Crippen LogP contribution in [-0.4, -0.2) is 46.0 Å². The summed E-state index contributed by atoms with van der Waals surface area (Å²) in [7, 11) is 1.35. The molecule has 5 atom stereocenters. The Kier molecular flexibility index (Phi) is 6.36. The Labute approximate surface area is 208 Å². The summed E-state index contributed by atoms with van der Waals surface area (Å²) >= 11 is 6.42. The van der Waals surface area contributed by atoms with Crippen molar-refractivity contribution in [2.45, 2.75) is 57.7 Å². The van der Waals surface area contributed by atoms with Crippen LogP contribution in [0.25, 0.3) is 0 Å². The number of amides is 1. The number of fused-ring (bicyclic) bond motifs is 4. The molecule has 3 aliphatic rings. The molecular formula is C26H30ClNO7. The largest absolute Gasteiger partial charge is 0.507 e. The summed E-state index contributed by atoms with van der Waals surface area (Å²) in [5.41, 5.74) is 2.16. The molecule has 8 nitrogen and oxygen atoms in total. The molecule has 5 unspecified atom stereocenters. The van der Waals surface area contributed by atoms with Gasteiger partial charge in [0.2, 0.25) is 0 Å². The number of phenols is 1. The fourth-order valence-corrected chi connectivity index (χ4v) is 6.82. The zero-order valence-electron chi connectivity index (χ0n) is 19.9. The molecule has 0 radical (unpaired) electrons. The van der Waals surface area contributed by atoms with Gasteiger partial charge in [0.15, 0.2) is 11.6 Å². The molecule has 3 aliphatic carbocycles. The second-order valence-corrected chi connectivity index (χ2v) is 10.4. The number of aliphatic hydroxyl groups excluding tert-OH is 1. The van der Waals surface area contributed by atoms with Gasteiger partial charge in [0, 0.05) is 22.1 Å². The average Bonchev–Trinajstić information content (AvgIpc) is 2.92. The first-order valence-electron chi connectivity index (χ1n) is 11.7. The van der Waals surface area contributed by atoms with Crippen molar-refractivity contribution in [2.75, 3.05) is 7.11 Å². The highest BCUT2D eigenvalue weighted by atomic mass is 35.5. The maximum Gasteiger partial charge on any atom is 0.252 e. The summed E-state index contributed by atoms with van der Waals surface area (Å²) in [5.74, 6) is -3.61. The molecule has 188 valence electrons. The van der Waals surface area contributed by atoms with Gasteiger partial charge < -0.3 is 25.8 Å². The van der Waals surface area contributed by atoms with Gasteiger partial charge in [0.1, 0.15) is 11.5 Å². The summed E-state index contributed by atoms with van der Waals surface area (Å²) in [6, 6.07) is 2.70. The van der Waals surface area contributed by atoms with Crippen LogP contribution in [0.15, 0.2) is 35.1 Å². The average molecular weight is 504 g/mol. The number of primary amides is 1. The lowest BCUT2D eigenvalue weighted by Gasteiger charge is -2.41. The van der Waals surface area contributed by atoms with Crippen LogP contribution in [0.3, 0.4) is 0 Å². The van der Waals surface area contributed by atoms with E-state index in [9.17, 15) is 29.7 Å². The number of halogens is 1. The number of ketones is 2. The van der Waals surface area contributed by atoms with Crippen LogP contribution in [-0.2, 0) is 19.9 Å². The predicted molar refractivity (Wildman–Crippen MR) is 128 cm³/mol. The molecule has 1 aromatic rings. The molecule has 4 rings (SSSR count). The number of phenolic OH excluding ortho intramolecular Hbond substituents is 1. The molecule has 0 saturated carbocycles. The molecule has 35 heavy (non-hydrogen) atoms. The third-order valence-corrected chi connectivity index (χ3v) is 8.10. The van der Waals surface area contributed by atoms with E-state index < -0.39 is 40.5 Å². The van der Waals surface area contributed by atoms with Gasteiger partial charge >= 0.3 is 0 Å². The quantitative estimate of drug-likeness (QED) is 0.462. The topological polar surface area (TPSA) is 147 Å². The number of carbonyl (C=O) groups is 3. The van der Waals surface area contributed by atoms with Crippen molar-refractivity contribution >= 4 is 29.1 Å². The number of rotatable bonds is 4. The highest BCUT2D eigenvalue weighted by Crippen LogP contribution is 2.58. The lowest BCUT2D eigenvalue weighted by atomic mass is 9.65. The van der Waals surface area contributed by atoms with Crippen LogP contribution in [0, 0.1) is 17.3 Å². The van der Waals surface area contributed by atoms with Crippen molar-refractivity contribution in [3.63, 3.8) is 0 Å². The zero-order valence-corrected chi connectivity index (χ0v) is 20.7. The number of aliphatic hydroxyl groups is 2. The number of hydrogen-bond acceptors (Lipinski definition) is 7. The van der Waals surface area contributed by atoms with E-state index in [2.05, 4.69) is 0 Å². The number of hydrogen-bond donors (Lipinski definition) is 4. The van der Waals surface area contributed by atoms with E-state index in [1.54, 1.807) is 0 Å². The van der Waals surface area contributed by atoms with Gasteiger partial charge in [0.05, 0.1) is 35.4 Å².